The van der Waals surface area contributed by atoms with E-state index in [2.05, 4.69) is 25.1 Å². The molecule has 2 rings (SSSR count). The number of Topliss-reactive ketones (excluding diaryl/α,β-unsaturated/α-hetero) is 1. The standard InChI is InChI=1S/C17H26N2O3Si/c1-18-22-12-17(20)15-11-19(13-21-9-10-23(2,3)4)16-8-6-5-7-14(15)16/h5-8,11,18H,9-10,12-13H2,1-4H3. The Morgan fingerprint density at radius 1 is 1.26 bits per heavy atom. The van der Waals surface area contributed by atoms with E-state index in [9.17, 15) is 4.79 Å². The summed E-state index contributed by atoms with van der Waals surface area (Å²) < 4.78 is 7.81. The number of hydroxylamine groups is 1. The van der Waals surface area contributed by atoms with Crippen molar-refractivity contribution in [3.63, 3.8) is 0 Å². The zero-order valence-electron chi connectivity index (χ0n) is 14.4. The topological polar surface area (TPSA) is 52.5 Å². The van der Waals surface area contributed by atoms with Crippen molar-refractivity contribution in [3.8, 4) is 0 Å². The second-order valence-electron chi connectivity index (χ2n) is 6.79. The molecule has 0 aliphatic carbocycles. The largest absolute Gasteiger partial charge is 0.361 e. The number of ether oxygens (including phenoxy) is 1. The van der Waals surface area contributed by atoms with Crippen LogP contribution in [0.25, 0.3) is 10.9 Å². The summed E-state index contributed by atoms with van der Waals surface area (Å²) in [4.78, 5) is 17.3. The first-order valence-electron chi connectivity index (χ1n) is 7.90. The highest BCUT2D eigenvalue weighted by molar-refractivity contribution is 6.76. The lowest BCUT2D eigenvalue weighted by Crippen LogP contribution is -2.22. The molecule has 0 spiro atoms. The van der Waals surface area contributed by atoms with E-state index in [1.807, 2.05) is 35.0 Å². The van der Waals surface area contributed by atoms with Crippen LogP contribution in [0.5, 0.6) is 0 Å². The van der Waals surface area contributed by atoms with Crippen LogP contribution in [0.15, 0.2) is 30.5 Å². The summed E-state index contributed by atoms with van der Waals surface area (Å²) in [7, 11) is 0.553. The van der Waals surface area contributed by atoms with Gasteiger partial charge in [0.05, 0.1) is 5.52 Å². The summed E-state index contributed by atoms with van der Waals surface area (Å²) >= 11 is 0. The molecule has 0 saturated heterocycles. The Labute approximate surface area is 138 Å². The van der Waals surface area contributed by atoms with Gasteiger partial charge >= 0.3 is 0 Å². The number of carbonyl (C=O) groups excluding carboxylic acids is 1. The number of fused-ring (bicyclic) bond motifs is 1. The van der Waals surface area contributed by atoms with Gasteiger partial charge in [-0.1, -0.05) is 37.8 Å². The molecule has 1 N–H and O–H groups in total. The van der Waals surface area contributed by atoms with E-state index in [1.165, 1.54) is 0 Å². The Balaban J connectivity index is 2.12. The van der Waals surface area contributed by atoms with E-state index in [-0.39, 0.29) is 12.4 Å². The van der Waals surface area contributed by atoms with E-state index in [0.29, 0.717) is 12.3 Å². The van der Waals surface area contributed by atoms with Gasteiger partial charge in [0.2, 0.25) is 0 Å². The number of nitrogens with one attached hydrogen (secondary N) is 1. The Bertz CT molecular complexity index is 661. The Morgan fingerprint density at radius 2 is 2.00 bits per heavy atom. The normalized spacial score (nSPS) is 12.0. The van der Waals surface area contributed by atoms with Crippen LogP contribution < -0.4 is 5.48 Å². The van der Waals surface area contributed by atoms with Gasteiger partial charge in [-0.3, -0.25) is 9.63 Å². The van der Waals surface area contributed by atoms with Gasteiger partial charge in [-0.15, -0.1) is 0 Å². The highest BCUT2D eigenvalue weighted by atomic mass is 28.3. The summed E-state index contributed by atoms with van der Waals surface area (Å²) in [5.41, 5.74) is 4.21. The van der Waals surface area contributed by atoms with Crippen LogP contribution in [-0.4, -0.2) is 38.7 Å². The monoisotopic (exact) mass is 334 g/mol. The molecule has 0 bridgehead atoms. The molecular weight excluding hydrogens is 308 g/mol. The van der Waals surface area contributed by atoms with Crippen LogP contribution in [-0.2, 0) is 16.3 Å². The number of hydrogen-bond acceptors (Lipinski definition) is 4. The smallest absolute Gasteiger partial charge is 0.192 e. The van der Waals surface area contributed by atoms with E-state index in [0.717, 1.165) is 23.6 Å². The lowest BCUT2D eigenvalue weighted by Gasteiger charge is -2.15. The zero-order chi connectivity index (χ0) is 16.9. The van der Waals surface area contributed by atoms with Crippen LogP contribution in [0.1, 0.15) is 10.4 Å². The molecule has 0 aliphatic rings. The minimum Gasteiger partial charge on any atom is -0.361 e. The third-order valence-electron chi connectivity index (χ3n) is 3.66. The minimum absolute atomic E-state index is 0.0149. The van der Waals surface area contributed by atoms with Gasteiger partial charge < -0.3 is 9.30 Å². The van der Waals surface area contributed by atoms with Gasteiger partial charge in [-0.2, -0.15) is 0 Å². The molecule has 6 heteroatoms. The lowest BCUT2D eigenvalue weighted by molar-refractivity contribution is 0.0478. The van der Waals surface area contributed by atoms with E-state index >= 15 is 0 Å². The fourth-order valence-corrected chi connectivity index (χ4v) is 3.09. The summed E-state index contributed by atoms with van der Waals surface area (Å²) in [6.07, 6.45) is 1.86. The van der Waals surface area contributed by atoms with Crippen LogP contribution >= 0.6 is 0 Å². The third-order valence-corrected chi connectivity index (χ3v) is 5.37. The molecule has 1 aromatic carbocycles. The van der Waals surface area contributed by atoms with Crippen LogP contribution in [0, 0.1) is 0 Å². The molecule has 0 unspecified atom stereocenters. The number of para-hydroxylation sites is 1. The molecule has 0 fully saturated rings. The maximum absolute atomic E-state index is 12.3. The first-order chi connectivity index (χ1) is 10.9. The van der Waals surface area contributed by atoms with E-state index in [4.69, 9.17) is 9.57 Å². The van der Waals surface area contributed by atoms with Crippen molar-refractivity contribution in [2.45, 2.75) is 32.4 Å². The van der Waals surface area contributed by atoms with Crippen LogP contribution in [0.3, 0.4) is 0 Å². The fourth-order valence-electron chi connectivity index (χ4n) is 2.33. The van der Waals surface area contributed by atoms with Crippen molar-refractivity contribution in [3.05, 3.63) is 36.0 Å². The van der Waals surface area contributed by atoms with Crippen molar-refractivity contribution < 1.29 is 14.4 Å². The summed E-state index contributed by atoms with van der Waals surface area (Å²) in [6.45, 7) is 8.24. The molecule has 5 nitrogen and oxygen atoms in total. The molecule has 0 atom stereocenters. The maximum atomic E-state index is 12.3. The summed E-state index contributed by atoms with van der Waals surface area (Å²) in [6, 6.07) is 9.01. The molecule has 1 aromatic heterocycles. The first kappa shape index (κ1) is 17.9. The second kappa shape index (κ2) is 7.87. The Morgan fingerprint density at radius 3 is 2.70 bits per heavy atom. The first-order valence-corrected chi connectivity index (χ1v) is 11.6. The fraction of sp³-hybridized carbons (Fsp3) is 0.471. The molecule has 0 radical (unpaired) electrons. The van der Waals surface area contributed by atoms with E-state index < -0.39 is 8.07 Å². The molecule has 23 heavy (non-hydrogen) atoms. The van der Waals surface area contributed by atoms with Crippen molar-refractivity contribution in [2.75, 3.05) is 20.3 Å². The van der Waals surface area contributed by atoms with Crippen molar-refractivity contribution in [2.24, 2.45) is 0 Å². The number of hydrogen-bond donors (Lipinski definition) is 1. The van der Waals surface area contributed by atoms with Gasteiger partial charge in [-0.05, 0) is 12.1 Å². The third kappa shape index (κ3) is 5.00. The average Bonchev–Trinajstić information content (AvgIpc) is 2.87. The summed E-state index contributed by atoms with van der Waals surface area (Å²) in [5, 5.41) is 0.936. The molecule has 0 saturated carbocycles. The molecule has 2 aromatic rings. The van der Waals surface area contributed by atoms with Crippen molar-refractivity contribution in [1.82, 2.24) is 10.0 Å². The number of carbonyl (C=O) groups is 1. The SMILES string of the molecule is CNOCC(=O)c1cn(COCC[Si](C)(C)C)c2ccccc12. The van der Waals surface area contributed by atoms with Crippen LogP contribution in [0.2, 0.25) is 25.7 Å². The Hall–Kier alpha value is -1.47. The minimum atomic E-state index is -1.09. The number of ketones is 1. The summed E-state index contributed by atoms with van der Waals surface area (Å²) in [5.74, 6) is -0.0450. The molecule has 126 valence electrons. The maximum Gasteiger partial charge on any atom is 0.192 e. The van der Waals surface area contributed by atoms with Gasteiger partial charge in [0.15, 0.2) is 5.78 Å². The quantitative estimate of drug-likeness (QED) is 0.331. The number of nitrogens with zero attached hydrogens (tertiary/aromatic N) is 1. The van der Waals surface area contributed by atoms with Gasteiger partial charge in [0.25, 0.3) is 0 Å². The predicted octanol–water partition coefficient (Wildman–Crippen LogP) is 3.29. The number of benzene rings is 1. The Kier molecular flexibility index (Phi) is 6.12. The average molecular weight is 334 g/mol. The van der Waals surface area contributed by atoms with Gasteiger partial charge in [-0.25, -0.2) is 5.48 Å². The molecule has 0 amide bonds. The van der Waals surface area contributed by atoms with Crippen LogP contribution in [0.4, 0.5) is 0 Å². The van der Waals surface area contributed by atoms with Gasteiger partial charge in [0, 0.05) is 38.9 Å². The number of rotatable bonds is 9. The lowest BCUT2D eigenvalue weighted by atomic mass is 10.1. The highest BCUT2D eigenvalue weighted by Gasteiger charge is 2.16. The van der Waals surface area contributed by atoms with Crippen molar-refractivity contribution >= 4 is 24.8 Å². The van der Waals surface area contributed by atoms with E-state index in [1.54, 1.807) is 7.05 Å². The highest BCUT2D eigenvalue weighted by Crippen LogP contribution is 2.22. The zero-order valence-corrected chi connectivity index (χ0v) is 15.4. The molecule has 1 heterocycles. The predicted molar refractivity (Wildman–Crippen MR) is 95.4 cm³/mol. The second-order valence-corrected chi connectivity index (χ2v) is 12.4. The van der Waals surface area contributed by atoms with Crippen molar-refractivity contribution in [1.29, 1.82) is 0 Å². The molecule has 0 aliphatic heterocycles. The molecular formula is C17H26N2O3Si. The number of aromatic nitrogens is 1. The van der Waals surface area contributed by atoms with Gasteiger partial charge in [0.1, 0.15) is 13.3 Å².